The zero-order valence-corrected chi connectivity index (χ0v) is 12.8. The Balaban J connectivity index is 3.04. The maximum absolute atomic E-state index is 12.9. The van der Waals surface area contributed by atoms with Crippen molar-refractivity contribution >= 4 is 17.3 Å². The highest BCUT2D eigenvalue weighted by Crippen LogP contribution is 2.35. The van der Waals surface area contributed by atoms with Crippen LogP contribution in [0.3, 0.4) is 0 Å². The van der Waals surface area contributed by atoms with Gasteiger partial charge in [-0.3, -0.25) is 0 Å². The molecule has 1 aromatic rings. The fourth-order valence-electron chi connectivity index (χ4n) is 1.57. The smallest absolute Gasteiger partial charge is 0.416 e. The van der Waals surface area contributed by atoms with E-state index in [4.69, 9.17) is 16.3 Å². The van der Waals surface area contributed by atoms with E-state index >= 15 is 0 Å². The van der Waals surface area contributed by atoms with Gasteiger partial charge in [0.05, 0.1) is 17.5 Å². The molecule has 0 aliphatic heterocycles. The Hall–Kier alpha value is -1.14. The number of benzene rings is 1. The van der Waals surface area contributed by atoms with Crippen LogP contribution in [0.2, 0.25) is 0 Å². The maximum Gasteiger partial charge on any atom is 0.416 e. The van der Waals surface area contributed by atoms with E-state index in [9.17, 15) is 18.3 Å². The lowest BCUT2D eigenvalue weighted by molar-refractivity contribution is -0.137. The van der Waals surface area contributed by atoms with Crippen molar-refractivity contribution in [3.05, 3.63) is 23.8 Å². The van der Waals surface area contributed by atoms with E-state index in [0.717, 1.165) is 12.1 Å². The third kappa shape index (κ3) is 6.44. The quantitative estimate of drug-likeness (QED) is 0.807. The number of ether oxygens (including phenoxy) is 1. The van der Waals surface area contributed by atoms with Crippen LogP contribution in [0.5, 0.6) is 5.75 Å². The largest absolute Gasteiger partial charge is 0.488 e. The molecule has 0 aromatic heterocycles. The molecule has 21 heavy (non-hydrogen) atoms. The van der Waals surface area contributed by atoms with Crippen LogP contribution >= 0.6 is 11.6 Å². The van der Waals surface area contributed by atoms with Crippen LogP contribution in [-0.2, 0) is 6.18 Å². The van der Waals surface area contributed by atoms with Crippen LogP contribution < -0.4 is 10.1 Å². The highest BCUT2D eigenvalue weighted by molar-refractivity contribution is 6.18. The van der Waals surface area contributed by atoms with Crippen LogP contribution in [0, 0.1) is 0 Å². The third-order valence-corrected chi connectivity index (χ3v) is 2.73. The molecule has 0 radical (unpaired) electrons. The molecule has 0 saturated heterocycles. The number of anilines is 1. The SMILES string of the molecule is CC(C)(C)Oc1cc(NCC(O)CCl)cc(C(F)(F)F)c1. The minimum atomic E-state index is -4.47. The van der Waals surface area contributed by atoms with Crippen LogP contribution in [0.25, 0.3) is 0 Å². The lowest BCUT2D eigenvalue weighted by atomic mass is 10.1. The Kier molecular flexibility index (Phi) is 5.75. The first kappa shape index (κ1) is 17.9. The monoisotopic (exact) mass is 325 g/mol. The first-order valence-corrected chi connectivity index (χ1v) is 6.94. The van der Waals surface area contributed by atoms with Gasteiger partial charge in [0.1, 0.15) is 11.4 Å². The molecule has 0 saturated carbocycles. The molecule has 0 bridgehead atoms. The normalized spacial score (nSPS) is 13.9. The van der Waals surface area contributed by atoms with Gasteiger partial charge in [-0.1, -0.05) is 0 Å². The lowest BCUT2D eigenvalue weighted by Gasteiger charge is -2.23. The van der Waals surface area contributed by atoms with Gasteiger partial charge in [-0.05, 0) is 32.9 Å². The van der Waals surface area contributed by atoms with Crippen LogP contribution in [0.15, 0.2) is 18.2 Å². The average Bonchev–Trinajstić information content (AvgIpc) is 2.32. The van der Waals surface area contributed by atoms with Crippen molar-refractivity contribution in [2.24, 2.45) is 0 Å². The Bertz CT molecular complexity index is 472. The summed E-state index contributed by atoms with van der Waals surface area (Å²) in [5.74, 6) is 0.109. The molecule has 0 fully saturated rings. The fourth-order valence-corrected chi connectivity index (χ4v) is 1.68. The summed E-state index contributed by atoms with van der Waals surface area (Å²) in [4.78, 5) is 0. The third-order valence-electron chi connectivity index (χ3n) is 2.38. The van der Waals surface area contributed by atoms with E-state index < -0.39 is 23.4 Å². The molecule has 1 rings (SSSR count). The van der Waals surface area contributed by atoms with Gasteiger partial charge in [0.15, 0.2) is 0 Å². The first-order chi connectivity index (χ1) is 9.51. The summed E-state index contributed by atoms with van der Waals surface area (Å²) >= 11 is 5.45. The summed E-state index contributed by atoms with van der Waals surface area (Å²) in [5, 5.41) is 12.1. The minimum Gasteiger partial charge on any atom is -0.488 e. The van der Waals surface area contributed by atoms with Gasteiger partial charge in [0.25, 0.3) is 0 Å². The standard InChI is InChI=1S/C14H19ClF3NO2/c1-13(2,3)21-12-5-9(14(16,17)18)4-10(6-12)19-8-11(20)7-15/h4-6,11,19-20H,7-8H2,1-3H3. The van der Waals surface area contributed by atoms with Gasteiger partial charge >= 0.3 is 6.18 Å². The number of halogens is 4. The number of hydrogen-bond donors (Lipinski definition) is 2. The van der Waals surface area contributed by atoms with E-state index in [1.165, 1.54) is 6.07 Å². The first-order valence-electron chi connectivity index (χ1n) is 6.40. The topological polar surface area (TPSA) is 41.5 Å². The van der Waals surface area contributed by atoms with Crippen molar-refractivity contribution in [1.29, 1.82) is 0 Å². The molecule has 2 N–H and O–H groups in total. The van der Waals surface area contributed by atoms with Crippen molar-refractivity contribution < 1.29 is 23.0 Å². The molecular weight excluding hydrogens is 307 g/mol. The zero-order chi connectivity index (χ0) is 16.3. The molecule has 0 spiro atoms. The summed E-state index contributed by atoms with van der Waals surface area (Å²) in [7, 11) is 0. The predicted octanol–water partition coefficient (Wildman–Crippen LogP) is 3.89. The van der Waals surface area contributed by atoms with E-state index in [2.05, 4.69) is 5.32 Å². The number of rotatable bonds is 5. The maximum atomic E-state index is 12.9. The summed E-state index contributed by atoms with van der Waals surface area (Å²) in [5.41, 5.74) is -1.21. The van der Waals surface area contributed by atoms with E-state index in [-0.39, 0.29) is 23.9 Å². The van der Waals surface area contributed by atoms with Crippen molar-refractivity contribution in [2.45, 2.75) is 38.7 Å². The summed E-state index contributed by atoms with van der Waals surface area (Å²) in [6, 6.07) is 3.38. The second-order valence-electron chi connectivity index (χ2n) is 5.65. The molecule has 120 valence electrons. The van der Waals surface area contributed by atoms with E-state index in [0.29, 0.717) is 0 Å². The molecule has 1 atom stereocenters. The van der Waals surface area contributed by atoms with Crippen molar-refractivity contribution in [3.63, 3.8) is 0 Å². The number of hydrogen-bond acceptors (Lipinski definition) is 3. The molecule has 7 heteroatoms. The van der Waals surface area contributed by atoms with E-state index in [1.54, 1.807) is 20.8 Å². The number of aliphatic hydroxyl groups is 1. The second-order valence-corrected chi connectivity index (χ2v) is 5.96. The Morgan fingerprint density at radius 1 is 1.24 bits per heavy atom. The van der Waals surface area contributed by atoms with Gasteiger partial charge in [-0.2, -0.15) is 13.2 Å². The molecule has 0 aliphatic carbocycles. The highest BCUT2D eigenvalue weighted by Gasteiger charge is 2.32. The summed E-state index contributed by atoms with van der Waals surface area (Å²) < 4.78 is 44.2. The second kappa shape index (κ2) is 6.75. The molecule has 3 nitrogen and oxygen atoms in total. The zero-order valence-electron chi connectivity index (χ0n) is 12.1. The highest BCUT2D eigenvalue weighted by atomic mass is 35.5. The number of nitrogens with one attached hydrogen (secondary N) is 1. The van der Waals surface area contributed by atoms with Gasteiger partial charge < -0.3 is 15.2 Å². The van der Waals surface area contributed by atoms with Crippen LogP contribution in [0.1, 0.15) is 26.3 Å². The van der Waals surface area contributed by atoms with Gasteiger partial charge in [0, 0.05) is 18.3 Å². The fraction of sp³-hybridized carbons (Fsp3) is 0.571. The Morgan fingerprint density at radius 3 is 2.33 bits per heavy atom. The molecular formula is C14H19ClF3NO2. The van der Waals surface area contributed by atoms with Crippen LogP contribution in [0.4, 0.5) is 18.9 Å². The van der Waals surface area contributed by atoms with Gasteiger partial charge in [0.2, 0.25) is 0 Å². The van der Waals surface area contributed by atoms with Gasteiger partial charge in [-0.15, -0.1) is 11.6 Å². The van der Waals surface area contributed by atoms with E-state index in [1.807, 2.05) is 0 Å². The van der Waals surface area contributed by atoms with Crippen LogP contribution in [-0.4, -0.2) is 29.2 Å². The summed E-state index contributed by atoms with van der Waals surface area (Å²) in [6.45, 7) is 5.30. The van der Waals surface area contributed by atoms with Crippen molar-refractivity contribution in [1.82, 2.24) is 0 Å². The Morgan fingerprint density at radius 2 is 1.86 bits per heavy atom. The lowest BCUT2D eigenvalue weighted by Crippen LogP contribution is -2.24. The average molecular weight is 326 g/mol. The van der Waals surface area contributed by atoms with Crippen molar-refractivity contribution in [3.8, 4) is 5.75 Å². The predicted molar refractivity (Wildman–Crippen MR) is 77.0 cm³/mol. The minimum absolute atomic E-state index is 0.00267. The molecule has 0 aliphatic rings. The molecule has 0 heterocycles. The number of alkyl halides is 4. The molecule has 0 amide bonds. The number of aliphatic hydroxyl groups excluding tert-OH is 1. The summed E-state index contributed by atoms with van der Waals surface area (Å²) in [6.07, 6.45) is -5.31. The molecule has 1 unspecified atom stereocenters. The van der Waals surface area contributed by atoms with Crippen molar-refractivity contribution in [2.75, 3.05) is 17.7 Å². The van der Waals surface area contributed by atoms with Gasteiger partial charge in [-0.25, -0.2) is 0 Å². The molecule has 1 aromatic carbocycles. The Labute approximate surface area is 127 Å².